The van der Waals surface area contributed by atoms with Gasteiger partial charge in [0, 0.05) is 13.2 Å². The van der Waals surface area contributed by atoms with Crippen LogP contribution in [0.2, 0.25) is 0 Å². The fourth-order valence-electron chi connectivity index (χ4n) is 1.75. The number of aliphatic hydroxyl groups is 1. The molecule has 0 unspecified atom stereocenters. The van der Waals surface area contributed by atoms with Gasteiger partial charge in [-0.05, 0) is 38.2 Å². The van der Waals surface area contributed by atoms with Crippen molar-refractivity contribution in [3.05, 3.63) is 35.6 Å². The summed E-state index contributed by atoms with van der Waals surface area (Å²) in [5, 5.41) is 11.4. The first-order valence-electron chi connectivity index (χ1n) is 5.86. The van der Waals surface area contributed by atoms with E-state index in [0.29, 0.717) is 18.5 Å². The molecule has 1 amide bonds. The summed E-state index contributed by atoms with van der Waals surface area (Å²) >= 11 is 0. The van der Waals surface area contributed by atoms with Crippen LogP contribution in [0, 0.1) is 5.82 Å². The zero-order valence-electron chi connectivity index (χ0n) is 10.7. The third kappa shape index (κ3) is 4.09. The van der Waals surface area contributed by atoms with E-state index in [1.165, 1.54) is 12.1 Å². The van der Waals surface area contributed by atoms with Gasteiger partial charge in [-0.3, -0.25) is 9.69 Å². The number of hydrogen-bond donors (Lipinski definition) is 2. The first-order chi connectivity index (χ1) is 8.56. The van der Waals surface area contributed by atoms with Gasteiger partial charge in [0.2, 0.25) is 5.91 Å². The minimum absolute atomic E-state index is 0.0346. The SMILES string of the molecule is CN(C)[C@@H](C(=O)NCCCO)c1cccc(F)c1. The third-order valence-electron chi connectivity index (χ3n) is 2.56. The Labute approximate surface area is 106 Å². The Morgan fingerprint density at radius 2 is 2.22 bits per heavy atom. The molecule has 0 saturated heterocycles. The second-order valence-corrected chi connectivity index (χ2v) is 4.29. The van der Waals surface area contributed by atoms with Crippen LogP contribution in [0.5, 0.6) is 0 Å². The molecule has 0 aliphatic carbocycles. The van der Waals surface area contributed by atoms with Gasteiger partial charge >= 0.3 is 0 Å². The molecule has 0 fully saturated rings. The molecular weight excluding hydrogens is 235 g/mol. The first kappa shape index (κ1) is 14.6. The number of aliphatic hydroxyl groups excluding tert-OH is 1. The fraction of sp³-hybridized carbons (Fsp3) is 0.462. The predicted molar refractivity (Wildman–Crippen MR) is 67.5 cm³/mol. The molecule has 0 aromatic heterocycles. The highest BCUT2D eigenvalue weighted by atomic mass is 19.1. The standard InChI is InChI=1S/C13H19FN2O2/c1-16(2)12(13(18)15-7-4-8-17)10-5-3-6-11(14)9-10/h3,5-6,9,12,17H,4,7-8H2,1-2H3,(H,15,18)/t12-/m1/s1. The molecule has 4 nitrogen and oxygen atoms in total. The molecule has 100 valence electrons. The molecular formula is C13H19FN2O2. The van der Waals surface area contributed by atoms with E-state index in [0.717, 1.165) is 0 Å². The number of nitrogens with one attached hydrogen (secondary N) is 1. The fourth-order valence-corrected chi connectivity index (χ4v) is 1.75. The molecule has 5 heteroatoms. The largest absolute Gasteiger partial charge is 0.396 e. The zero-order valence-corrected chi connectivity index (χ0v) is 10.7. The van der Waals surface area contributed by atoms with Crippen molar-refractivity contribution in [3.63, 3.8) is 0 Å². The number of likely N-dealkylation sites (N-methyl/N-ethyl adjacent to an activating group) is 1. The van der Waals surface area contributed by atoms with Crippen LogP contribution in [-0.4, -0.2) is 43.2 Å². The summed E-state index contributed by atoms with van der Waals surface area (Å²) in [4.78, 5) is 13.7. The van der Waals surface area contributed by atoms with Gasteiger partial charge in [-0.1, -0.05) is 12.1 Å². The lowest BCUT2D eigenvalue weighted by Crippen LogP contribution is -2.37. The van der Waals surface area contributed by atoms with E-state index < -0.39 is 6.04 Å². The number of hydrogen-bond acceptors (Lipinski definition) is 3. The van der Waals surface area contributed by atoms with Gasteiger partial charge in [0.25, 0.3) is 0 Å². The van der Waals surface area contributed by atoms with E-state index in [1.54, 1.807) is 31.1 Å². The topological polar surface area (TPSA) is 52.6 Å². The van der Waals surface area contributed by atoms with Gasteiger partial charge in [-0.15, -0.1) is 0 Å². The summed E-state index contributed by atoms with van der Waals surface area (Å²) in [6.45, 7) is 0.446. The van der Waals surface area contributed by atoms with Crippen LogP contribution in [0.1, 0.15) is 18.0 Å². The Hall–Kier alpha value is -1.46. The highest BCUT2D eigenvalue weighted by Crippen LogP contribution is 2.19. The second-order valence-electron chi connectivity index (χ2n) is 4.29. The number of amides is 1. The van der Waals surface area contributed by atoms with E-state index in [9.17, 15) is 9.18 Å². The minimum Gasteiger partial charge on any atom is -0.396 e. The highest BCUT2D eigenvalue weighted by Gasteiger charge is 2.22. The first-order valence-corrected chi connectivity index (χ1v) is 5.86. The van der Waals surface area contributed by atoms with E-state index in [2.05, 4.69) is 5.32 Å². The van der Waals surface area contributed by atoms with E-state index in [1.807, 2.05) is 0 Å². The van der Waals surface area contributed by atoms with Crippen LogP contribution < -0.4 is 5.32 Å². The summed E-state index contributed by atoms with van der Waals surface area (Å²) in [5.41, 5.74) is 0.612. The van der Waals surface area contributed by atoms with Gasteiger partial charge in [-0.2, -0.15) is 0 Å². The van der Waals surface area contributed by atoms with Gasteiger partial charge in [0.15, 0.2) is 0 Å². The molecule has 2 N–H and O–H groups in total. The summed E-state index contributed by atoms with van der Waals surface area (Å²) in [7, 11) is 3.53. The maximum Gasteiger partial charge on any atom is 0.241 e. The maximum atomic E-state index is 13.2. The summed E-state index contributed by atoms with van der Waals surface area (Å²) in [6.07, 6.45) is 0.509. The lowest BCUT2D eigenvalue weighted by Gasteiger charge is -2.23. The number of rotatable bonds is 6. The van der Waals surface area contributed by atoms with Crippen molar-refractivity contribution in [2.24, 2.45) is 0 Å². The van der Waals surface area contributed by atoms with Crippen LogP contribution in [0.4, 0.5) is 4.39 Å². The van der Waals surface area contributed by atoms with Gasteiger partial charge < -0.3 is 10.4 Å². The molecule has 0 aliphatic heterocycles. The zero-order chi connectivity index (χ0) is 13.5. The van der Waals surface area contributed by atoms with Crippen LogP contribution >= 0.6 is 0 Å². The summed E-state index contributed by atoms with van der Waals surface area (Å²) in [6, 6.07) is 5.48. The van der Waals surface area contributed by atoms with Gasteiger partial charge in [0.1, 0.15) is 11.9 Å². The van der Waals surface area contributed by atoms with Crippen molar-refractivity contribution in [2.45, 2.75) is 12.5 Å². The molecule has 0 spiro atoms. The molecule has 0 aliphatic rings. The number of nitrogens with zero attached hydrogens (tertiary/aromatic N) is 1. The Bertz CT molecular complexity index is 396. The van der Waals surface area contributed by atoms with Crippen LogP contribution in [-0.2, 0) is 4.79 Å². The minimum atomic E-state index is -0.528. The number of carbonyl (C=O) groups is 1. The molecule has 0 radical (unpaired) electrons. The van der Waals surface area contributed by atoms with Crippen LogP contribution in [0.3, 0.4) is 0 Å². The quantitative estimate of drug-likeness (QED) is 0.742. The lowest BCUT2D eigenvalue weighted by atomic mass is 10.1. The van der Waals surface area contributed by atoms with Crippen molar-refractivity contribution in [1.82, 2.24) is 10.2 Å². The maximum absolute atomic E-state index is 13.2. The second kappa shape index (κ2) is 7.08. The number of halogens is 1. The molecule has 1 aromatic rings. The average molecular weight is 254 g/mol. The van der Waals surface area contributed by atoms with Crippen molar-refractivity contribution in [2.75, 3.05) is 27.2 Å². The smallest absolute Gasteiger partial charge is 0.241 e. The number of benzene rings is 1. The average Bonchev–Trinajstić information content (AvgIpc) is 2.29. The molecule has 0 bridgehead atoms. The summed E-state index contributed by atoms with van der Waals surface area (Å²) in [5.74, 6) is -0.554. The molecule has 1 aromatic carbocycles. The predicted octanol–water partition coefficient (Wildman–Crippen LogP) is 0.927. The highest BCUT2D eigenvalue weighted by molar-refractivity contribution is 5.83. The molecule has 0 saturated carbocycles. The number of carbonyl (C=O) groups excluding carboxylic acids is 1. The lowest BCUT2D eigenvalue weighted by molar-refractivity contribution is -0.125. The molecule has 0 heterocycles. The summed E-state index contributed by atoms with van der Waals surface area (Å²) < 4.78 is 13.2. The van der Waals surface area contributed by atoms with Gasteiger partial charge in [0.05, 0.1) is 0 Å². The van der Waals surface area contributed by atoms with Crippen LogP contribution in [0.15, 0.2) is 24.3 Å². The van der Waals surface area contributed by atoms with Crippen molar-refractivity contribution in [1.29, 1.82) is 0 Å². The van der Waals surface area contributed by atoms with E-state index in [-0.39, 0.29) is 18.3 Å². The molecule has 18 heavy (non-hydrogen) atoms. The Kier molecular flexibility index (Phi) is 5.74. The van der Waals surface area contributed by atoms with Crippen molar-refractivity contribution >= 4 is 5.91 Å². The van der Waals surface area contributed by atoms with E-state index in [4.69, 9.17) is 5.11 Å². The van der Waals surface area contributed by atoms with Gasteiger partial charge in [-0.25, -0.2) is 4.39 Å². The Balaban J connectivity index is 2.79. The Morgan fingerprint density at radius 3 is 2.78 bits per heavy atom. The van der Waals surface area contributed by atoms with Crippen molar-refractivity contribution < 1.29 is 14.3 Å². The normalized spacial score (nSPS) is 12.5. The third-order valence-corrected chi connectivity index (χ3v) is 2.56. The van der Waals surface area contributed by atoms with Crippen molar-refractivity contribution in [3.8, 4) is 0 Å². The van der Waals surface area contributed by atoms with E-state index >= 15 is 0 Å². The van der Waals surface area contributed by atoms with Crippen LogP contribution in [0.25, 0.3) is 0 Å². The molecule has 1 rings (SSSR count). The Morgan fingerprint density at radius 1 is 1.50 bits per heavy atom. The molecule has 1 atom stereocenters. The monoisotopic (exact) mass is 254 g/mol.